The predicted molar refractivity (Wildman–Crippen MR) is 50.2 cm³/mol. The summed E-state index contributed by atoms with van der Waals surface area (Å²) in [6, 6.07) is 5.11. The minimum Gasteiger partial charge on any atom is -0.361 e. The van der Waals surface area contributed by atoms with Crippen LogP contribution in [0.4, 0.5) is 23.2 Å². The van der Waals surface area contributed by atoms with Crippen molar-refractivity contribution < 1.29 is 22.4 Å². The van der Waals surface area contributed by atoms with Crippen molar-refractivity contribution in [3.05, 3.63) is 42.4 Å². The molecule has 0 aliphatic rings. The summed E-state index contributed by atoms with van der Waals surface area (Å²) in [6.45, 7) is 0. The van der Waals surface area contributed by atoms with Crippen LogP contribution < -0.4 is 5.32 Å². The van der Waals surface area contributed by atoms with E-state index < -0.39 is 17.8 Å². The van der Waals surface area contributed by atoms with Crippen LogP contribution in [0.3, 0.4) is 0 Å². The Morgan fingerprint density at radius 3 is 2.56 bits per heavy atom. The molecule has 0 spiro atoms. The van der Waals surface area contributed by atoms with Crippen LogP contribution in [-0.2, 0) is 4.79 Å². The van der Waals surface area contributed by atoms with Crippen molar-refractivity contribution in [1.82, 2.24) is 0 Å². The predicted octanol–water partition coefficient (Wildman–Crippen LogP) is 2.88. The normalized spacial score (nSPS) is 11.8. The van der Waals surface area contributed by atoms with E-state index in [1.165, 1.54) is 18.2 Å². The van der Waals surface area contributed by atoms with Crippen LogP contribution in [0.2, 0.25) is 0 Å². The van der Waals surface area contributed by atoms with Crippen LogP contribution in [0.15, 0.2) is 36.5 Å². The topological polar surface area (TPSA) is 29.1 Å². The van der Waals surface area contributed by atoms with Crippen LogP contribution in [-0.4, -0.2) is 12.0 Å². The maximum atomic E-state index is 12.6. The van der Waals surface area contributed by atoms with E-state index in [4.69, 9.17) is 0 Å². The van der Waals surface area contributed by atoms with Gasteiger partial charge in [0.15, 0.2) is 0 Å². The summed E-state index contributed by atoms with van der Waals surface area (Å²) in [4.78, 5) is 10.4. The molecule has 0 heterocycles. The van der Waals surface area contributed by atoms with E-state index in [-0.39, 0.29) is 5.69 Å². The molecule has 0 saturated carbocycles. The van der Waals surface area contributed by atoms with Crippen LogP contribution in [0, 0.1) is 5.82 Å². The first-order valence-corrected chi connectivity index (χ1v) is 4.19. The van der Waals surface area contributed by atoms with Crippen molar-refractivity contribution in [3.8, 4) is 0 Å². The van der Waals surface area contributed by atoms with Gasteiger partial charge in [0, 0.05) is 18.0 Å². The maximum absolute atomic E-state index is 12.6. The quantitative estimate of drug-likeness (QED) is 0.642. The lowest BCUT2D eigenvalue weighted by molar-refractivity contribution is -0.165. The Hall–Kier alpha value is -1.85. The molecule has 0 bridgehead atoms. The molecule has 86 valence electrons. The van der Waals surface area contributed by atoms with Gasteiger partial charge in [0.25, 0.3) is 5.78 Å². The Balaban J connectivity index is 2.59. The molecule has 0 radical (unpaired) electrons. The monoisotopic (exact) mass is 233 g/mol. The average Bonchev–Trinajstić information content (AvgIpc) is 2.16. The molecule has 0 aromatic heterocycles. The van der Waals surface area contributed by atoms with Gasteiger partial charge in [-0.1, -0.05) is 6.07 Å². The van der Waals surface area contributed by atoms with Gasteiger partial charge in [-0.25, -0.2) is 4.39 Å². The van der Waals surface area contributed by atoms with E-state index >= 15 is 0 Å². The number of ketones is 1. The summed E-state index contributed by atoms with van der Waals surface area (Å²) >= 11 is 0. The zero-order valence-corrected chi connectivity index (χ0v) is 7.88. The lowest BCUT2D eigenvalue weighted by atomic mass is 10.3. The van der Waals surface area contributed by atoms with Gasteiger partial charge in [-0.3, -0.25) is 4.79 Å². The SMILES string of the molecule is O=C(C=CNc1cccc(F)c1)C(F)(F)F. The first kappa shape index (κ1) is 12.2. The second-order valence-electron chi connectivity index (χ2n) is 2.85. The van der Waals surface area contributed by atoms with Crippen molar-refractivity contribution in [2.45, 2.75) is 6.18 Å². The number of carbonyl (C=O) groups is 1. The van der Waals surface area contributed by atoms with Crippen LogP contribution in [0.5, 0.6) is 0 Å². The van der Waals surface area contributed by atoms with E-state index in [1.807, 2.05) is 0 Å². The summed E-state index contributed by atoms with van der Waals surface area (Å²) in [5.74, 6) is -2.50. The maximum Gasteiger partial charge on any atom is 0.454 e. The zero-order valence-electron chi connectivity index (χ0n) is 7.88. The molecule has 0 unspecified atom stereocenters. The van der Waals surface area contributed by atoms with Crippen molar-refractivity contribution in [3.63, 3.8) is 0 Å². The molecule has 0 aliphatic carbocycles. The van der Waals surface area contributed by atoms with Crippen LogP contribution >= 0.6 is 0 Å². The van der Waals surface area contributed by atoms with Crippen LogP contribution in [0.1, 0.15) is 0 Å². The van der Waals surface area contributed by atoms with E-state index in [1.54, 1.807) is 0 Å². The molecule has 16 heavy (non-hydrogen) atoms. The fraction of sp³-hybridized carbons (Fsp3) is 0.100. The highest BCUT2D eigenvalue weighted by Crippen LogP contribution is 2.16. The van der Waals surface area contributed by atoms with E-state index in [2.05, 4.69) is 5.32 Å². The number of alkyl halides is 3. The molecule has 0 aliphatic heterocycles. The number of halogens is 4. The average molecular weight is 233 g/mol. The summed E-state index contributed by atoms with van der Waals surface area (Å²) in [5.41, 5.74) is 0.256. The Bertz CT molecular complexity index is 412. The number of nitrogens with one attached hydrogen (secondary N) is 1. The Morgan fingerprint density at radius 1 is 1.31 bits per heavy atom. The van der Waals surface area contributed by atoms with Gasteiger partial charge in [0.05, 0.1) is 0 Å². The molecule has 0 saturated heterocycles. The lowest BCUT2D eigenvalue weighted by Gasteiger charge is -2.01. The number of carbonyl (C=O) groups excluding carboxylic acids is 1. The summed E-state index contributed by atoms with van der Waals surface area (Å²) in [6.07, 6.45) is -3.74. The second kappa shape index (κ2) is 4.78. The van der Waals surface area contributed by atoms with Gasteiger partial charge in [0.2, 0.25) is 0 Å². The highest BCUT2D eigenvalue weighted by atomic mass is 19.4. The molecular weight excluding hydrogens is 226 g/mol. The standard InChI is InChI=1S/C10H7F4NO/c11-7-2-1-3-8(6-7)15-5-4-9(16)10(12,13)14/h1-6,15H. The third-order valence-corrected chi connectivity index (χ3v) is 1.59. The smallest absolute Gasteiger partial charge is 0.361 e. The molecule has 1 rings (SSSR count). The van der Waals surface area contributed by atoms with E-state index in [0.717, 1.165) is 12.3 Å². The first-order chi connectivity index (χ1) is 7.39. The molecule has 1 aromatic rings. The molecule has 6 heteroatoms. The minimum absolute atomic E-state index is 0.256. The molecule has 2 nitrogen and oxygen atoms in total. The minimum atomic E-state index is -4.89. The van der Waals surface area contributed by atoms with Crippen LogP contribution in [0.25, 0.3) is 0 Å². The Kier molecular flexibility index (Phi) is 3.65. The zero-order chi connectivity index (χ0) is 12.2. The number of hydrogen-bond acceptors (Lipinski definition) is 2. The van der Waals surface area contributed by atoms with Gasteiger partial charge in [-0.15, -0.1) is 0 Å². The molecule has 0 atom stereocenters. The highest BCUT2D eigenvalue weighted by Gasteiger charge is 2.35. The first-order valence-electron chi connectivity index (χ1n) is 4.19. The summed E-state index contributed by atoms with van der Waals surface area (Å²) in [7, 11) is 0. The highest BCUT2D eigenvalue weighted by molar-refractivity contribution is 5.94. The van der Waals surface area contributed by atoms with Gasteiger partial charge in [0.1, 0.15) is 5.82 Å². The largest absolute Gasteiger partial charge is 0.454 e. The molecule has 1 N–H and O–H groups in total. The van der Waals surface area contributed by atoms with Crippen molar-refractivity contribution in [1.29, 1.82) is 0 Å². The van der Waals surface area contributed by atoms with Gasteiger partial charge in [-0.2, -0.15) is 13.2 Å². The number of anilines is 1. The molecule has 1 aromatic carbocycles. The van der Waals surface area contributed by atoms with Crippen molar-refractivity contribution >= 4 is 11.5 Å². The molecule has 0 amide bonds. The third kappa shape index (κ3) is 3.72. The van der Waals surface area contributed by atoms with Crippen molar-refractivity contribution in [2.75, 3.05) is 5.32 Å². The number of hydrogen-bond donors (Lipinski definition) is 1. The number of allylic oxidation sites excluding steroid dienone is 1. The summed E-state index contributed by atoms with van der Waals surface area (Å²) < 4.78 is 47.9. The van der Waals surface area contributed by atoms with E-state index in [0.29, 0.717) is 6.08 Å². The van der Waals surface area contributed by atoms with Gasteiger partial charge < -0.3 is 5.32 Å². The number of rotatable bonds is 3. The molecular formula is C10H7F4NO. The Morgan fingerprint density at radius 2 is 2.00 bits per heavy atom. The second-order valence-corrected chi connectivity index (χ2v) is 2.85. The number of benzene rings is 1. The van der Waals surface area contributed by atoms with E-state index in [9.17, 15) is 22.4 Å². The van der Waals surface area contributed by atoms with Gasteiger partial charge >= 0.3 is 6.18 Å². The third-order valence-electron chi connectivity index (χ3n) is 1.59. The lowest BCUT2D eigenvalue weighted by Crippen LogP contribution is -2.20. The fourth-order valence-corrected chi connectivity index (χ4v) is 0.886. The van der Waals surface area contributed by atoms with Crippen molar-refractivity contribution in [2.24, 2.45) is 0 Å². The summed E-state index contributed by atoms with van der Waals surface area (Å²) in [5, 5.41) is 2.35. The molecule has 0 fully saturated rings. The fourth-order valence-electron chi connectivity index (χ4n) is 0.886. The Labute approximate surface area is 88.6 Å². The van der Waals surface area contributed by atoms with Gasteiger partial charge in [-0.05, 0) is 18.2 Å².